The first-order valence-corrected chi connectivity index (χ1v) is 10.2. The van der Waals surface area contributed by atoms with Crippen LogP contribution >= 0.6 is 11.6 Å². The molecular weight excluding hydrogens is 449 g/mol. The van der Waals surface area contributed by atoms with Gasteiger partial charge in [0, 0.05) is 30.7 Å². The van der Waals surface area contributed by atoms with Crippen molar-refractivity contribution in [1.29, 1.82) is 0 Å². The summed E-state index contributed by atoms with van der Waals surface area (Å²) in [6.07, 6.45) is -3.78. The number of likely N-dealkylation sites (tertiary alicyclic amines) is 1. The van der Waals surface area contributed by atoms with Gasteiger partial charge in [-0.25, -0.2) is 0 Å². The van der Waals surface area contributed by atoms with Crippen molar-refractivity contribution in [3.8, 4) is 11.5 Å². The van der Waals surface area contributed by atoms with E-state index in [0.717, 1.165) is 0 Å². The van der Waals surface area contributed by atoms with E-state index in [-0.39, 0.29) is 29.3 Å². The van der Waals surface area contributed by atoms with Crippen LogP contribution in [-0.2, 0) is 11.3 Å². The molecule has 2 aromatic rings. The summed E-state index contributed by atoms with van der Waals surface area (Å²) in [6.45, 7) is 0.261. The van der Waals surface area contributed by atoms with E-state index in [1.165, 1.54) is 48.2 Å². The summed E-state index contributed by atoms with van der Waals surface area (Å²) in [5, 5.41) is 0.356. The maximum atomic E-state index is 13.2. The van der Waals surface area contributed by atoms with E-state index >= 15 is 0 Å². The number of carbonyl (C=O) groups is 2. The monoisotopic (exact) mass is 470 g/mol. The highest BCUT2D eigenvalue weighted by Crippen LogP contribution is 2.30. The molecule has 2 aromatic carbocycles. The average molecular weight is 471 g/mol. The Hall–Kier alpha value is -2.94. The molecule has 10 heteroatoms. The molecule has 0 aliphatic carbocycles. The Labute approximate surface area is 188 Å². The molecule has 1 aliphatic heterocycles. The normalized spacial score (nSPS) is 16.1. The first-order chi connectivity index (χ1) is 15.1. The highest BCUT2D eigenvalue weighted by molar-refractivity contribution is 6.31. The van der Waals surface area contributed by atoms with E-state index < -0.39 is 18.3 Å². The van der Waals surface area contributed by atoms with Gasteiger partial charge < -0.3 is 19.3 Å². The van der Waals surface area contributed by atoms with E-state index in [1.54, 1.807) is 18.2 Å². The predicted molar refractivity (Wildman–Crippen MR) is 112 cm³/mol. The largest absolute Gasteiger partial charge is 0.573 e. The Morgan fingerprint density at radius 2 is 1.91 bits per heavy atom. The van der Waals surface area contributed by atoms with Gasteiger partial charge in [-0.3, -0.25) is 9.59 Å². The summed E-state index contributed by atoms with van der Waals surface area (Å²) >= 11 is 6.03. The summed E-state index contributed by atoms with van der Waals surface area (Å²) in [4.78, 5) is 29.0. The van der Waals surface area contributed by atoms with Crippen molar-refractivity contribution >= 4 is 23.4 Å². The number of hydrogen-bond acceptors (Lipinski definition) is 4. The quantitative estimate of drug-likeness (QED) is 0.623. The number of amides is 2. The lowest BCUT2D eigenvalue weighted by Crippen LogP contribution is -2.46. The van der Waals surface area contributed by atoms with Gasteiger partial charge in [0.15, 0.2) is 0 Å². The number of para-hydroxylation sites is 1. The molecule has 1 saturated heterocycles. The van der Waals surface area contributed by atoms with Gasteiger partial charge in [-0.1, -0.05) is 29.8 Å². The Morgan fingerprint density at radius 1 is 1.19 bits per heavy atom. The average Bonchev–Trinajstić information content (AvgIpc) is 3.22. The van der Waals surface area contributed by atoms with Crippen LogP contribution in [0.2, 0.25) is 5.02 Å². The van der Waals surface area contributed by atoms with E-state index in [0.29, 0.717) is 30.2 Å². The zero-order valence-electron chi connectivity index (χ0n) is 17.5. The number of likely N-dealkylation sites (N-methyl/N-ethyl adjacent to an activating group) is 1. The molecule has 172 valence electrons. The van der Waals surface area contributed by atoms with Gasteiger partial charge in [-0.2, -0.15) is 0 Å². The Bertz CT molecular complexity index is 999. The lowest BCUT2D eigenvalue weighted by Gasteiger charge is -2.29. The second kappa shape index (κ2) is 9.68. The van der Waals surface area contributed by atoms with Crippen LogP contribution in [-0.4, -0.2) is 54.7 Å². The molecule has 1 fully saturated rings. The third-order valence-corrected chi connectivity index (χ3v) is 5.41. The van der Waals surface area contributed by atoms with Crippen LogP contribution < -0.4 is 9.47 Å². The molecule has 1 aliphatic rings. The number of benzene rings is 2. The summed E-state index contributed by atoms with van der Waals surface area (Å²) < 4.78 is 47.4. The molecule has 0 spiro atoms. The maximum absolute atomic E-state index is 13.2. The number of hydrogen-bond donors (Lipinski definition) is 0. The van der Waals surface area contributed by atoms with E-state index in [9.17, 15) is 22.8 Å². The minimum absolute atomic E-state index is 0.107. The van der Waals surface area contributed by atoms with Crippen LogP contribution in [0.5, 0.6) is 11.5 Å². The Balaban J connectivity index is 1.78. The zero-order valence-corrected chi connectivity index (χ0v) is 18.2. The third kappa shape index (κ3) is 5.45. The molecule has 1 atom stereocenters. The smallest absolute Gasteiger partial charge is 0.496 e. The van der Waals surface area contributed by atoms with Crippen LogP contribution in [0.1, 0.15) is 28.8 Å². The van der Waals surface area contributed by atoms with Crippen molar-refractivity contribution in [2.45, 2.75) is 31.8 Å². The van der Waals surface area contributed by atoms with Crippen LogP contribution in [0.25, 0.3) is 0 Å². The standard InChI is InChI=1S/C22H22ClF3N2O4/c1-27(13-14-6-3-4-8-18(14)32-22(24,25)26)21(30)17-7-5-11-28(17)20(29)16-12-15(23)9-10-19(16)31-2/h3-4,6,8-10,12,17H,5,7,11,13H2,1-2H3. The molecule has 0 radical (unpaired) electrons. The molecule has 1 heterocycles. The van der Waals surface area contributed by atoms with Crippen molar-refractivity contribution in [2.75, 3.05) is 20.7 Å². The van der Waals surface area contributed by atoms with Crippen LogP contribution in [0, 0.1) is 0 Å². The third-order valence-electron chi connectivity index (χ3n) is 5.17. The minimum Gasteiger partial charge on any atom is -0.496 e. The van der Waals surface area contributed by atoms with Crippen LogP contribution in [0.3, 0.4) is 0 Å². The molecule has 0 bridgehead atoms. The summed E-state index contributed by atoms with van der Waals surface area (Å²) in [5.74, 6) is -0.806. The van der Waals surface area contributed by atoms with Crippen molar-refractivity contribution in [1.82, 2.24) is 9.80 Å². The van der Waals surface area contributed by atoms with Crippen molar-refractivity contribution in [3.05, 3.63) is 58.6 Å². The fraction of sp³-hybridized carbons (Fsp3) is 0.364. The summed E-state index contributed by atoms with van der Waals surface area (Å²) in [6, 6.07) is 9.54. The SMILES string of the molecule is COc1ccc(Cl)cc1C(=O)N1CCCC1C(=O)N(C)Cc1ccccc1OC(F)(F)F. The lowest BCUT2D eigenvalue weighted by atomic mass is 10.1. The number of nitrogens with zero attached hydrogens (tertiary/aromatic N) is 2. The predicted octanol–water partition coefficient (Wildman–Crippen LogP) is 4.51. The number of methoxy groups -OCH3 is 1. The summed E-state index contributed by atoms with van der Waals surface area (Å²) in [7, 11) is 2.91. The van der Waals surface area contributed by atoms with Gasteiger partial charge in [0.25, 0.3) is 5.91 Å². The van der Waals surface area contributed by atoms with Gasteiger partial charge in [0.05, 0.1) is 12.7 Å². The van der Waals surface area contributed by atoms with Crippen LogP contribution in [0.15, 0.2) is 42.5 Å². The number of halogens is 4. The Kier molecular flexibility index (Phi) is 7.18. The topological polar surface area (TPSA) is 59.1 Å². The molecule has 32 heavy (non-hydrogen) atoms. The fourth-order valence-electron chi connectivity index (χ4n) is 3.72. The molecule has 0 saturated carbocycles. The molecule has 2 amide bonds. The van der Waals surface area contributed by atoms with Crippen molar-refractivity contribution in [3.63, 3.8) is 0 Å². The lowest BCUT2D eigenvalue weighted by molar-refractivity contribution is -0.275. The molecule has 1 unspecified atom stereocenters. The number of carbonyl (C=O) groups excluding carboxylic acids is 2. The number of rotatable bonds is 6. The number of ether oxygens (including phenoxy) is 2. The molecular formula is C22H22ClF3N2O4. The maximum Gasteiger partial charge on any atom is 0.573 e. The molecule has 0 N–H and O–H groups in total. The fourth-order valence-corrected chi connectivity index (χ4v) is 3.89. The van der Waals surface area contributed by atoms with Gasteiger partial charge in [0.2, 0.25) is 5.91 Å². The van der Waals surface area contributed by atoms with E-state index in [1.807, 2.05) is 0 Å². The second-order valence-electron chi connectivity index (χ2n) is 7.35. The van der Waals surface area contributed by atoms with Gasteiger partial charge in [-0.05, 0) is 37.1 Å². The second-order valence-corrected chi connectivity index (χ2v) is 7.79. The minimum atomic E-state index is -4.84. The van der Waals surface area contributed by atoms with Crippen molar-refractivity contribution < 1.29 is 32.2 Å². The highest BCUT2D eigenvalue weighted by atomic mass is 35.5. The number of alkyl halides is 3. The summed E-state index contributed by atoms with van der Waals surface area (Å²) in [5.41, 5.74) is 0.444. The zero-order chi connectivity index (χ0) is 23.5. The van der Waals surface area contributed by atoms with Gasteiger partial charge >= 0.3 is 6.36 Å². The first-order valence-electron chi connectivity index (χ1n) is 9.84. The van der Waals surface area contributed by atoms with Gasteiger partial charge in [-0.15, -0.1) is 13.2 Å². The van der Waals surface area contributed by atoms with Crippen LogP contribution in [0.4, 0.5) is 13.2 Å². The molecule has 6 nitrogen and oxygen atoms in total. The Morgan fingerprint density at radius 3 is 2.59 bits per heavy atom. The molecule has 0 aromatic heterocycles. The van der Waals surface area contributed by atoms with E-state index in [2.05, 4.69) is 4.74 Å². The van der Waals surface area contributed by atoms with Gasteiger partial charge in [0.1, 0.15) is 17.5 Å². The van der Waals surface area contributed by atoms with E-state index in [4.69, 9.17) is 16.3 Å². The first kappa shape index (κ1) is 23.7. The highest BCUT2D eigenvalue weighted by Gasteiger charge is 2.37. The molecule has 3 rings (SSSR count). The van der Waals surface area contributed by atoms with Crippen molar-refractivity contribution in [2.24, 2.45) is 0 Å².